The Morgan fingerprint density at radius 2 is 0.863 bits per heavy atom. The molecule has 0 aliphatic carbocycles. The van der Waals surface area contributed by atoms with E-state index in [1.54, 1.807) is 13.8 Å². The minimum absolute atomic E-state index is 0.00795. The van der Waals surface area contributed by atoms with Gasteiger partial charge in [-0.1, -0.05) is 20.3 Å². The Kier molecular flexibility index (Phi) is 32.1. The van der Waals surface area contributed by atoms with E-state index in [1.807, 2.05) is 0 Å². The maximum Gasteiger partial charge on any atom is 0.326 e. The molecule has 0 aromatic rings. The van der Waals surface area contributed by atoms with Gasteiger partial charge in [0.1, 0.15) is 48.3 Å². The van der Waals surface area contributed by atoms with Gasteiger partial charge in [-0.25, -0.2) is 4.79 Å². The topological polar surface area (TPSA) is 507 Å². The number of nitrogens with one attached hydrogen (secondary N) is 8. The number of aliphatic imine (C=N–C) groups is 1. The molecule has 0 aliphatic heterocycles. The van der Waals surface area contributed by atoms with E-state index in [-0.39, 0.29) is 44.1 Å². The Bertz CT molecular complexity index is 1880. The highest BCUT2D eigenvalue weighted by Gasteiger charge is 2.35. The normalized spacial score (nSPS) is 15.2. The summed E-state index contributed by atoms with van der Waals surface area (Å²) in [7, 11) is 0. The minimum Gasteiger partial charge on any atom is -0.481 e. The lowest BCUT2D eigenvalue weighted by molar-refractivity contribution is -0.142. The summed E-state index contributed by atoms with van der Waals surface area (Å²) in [5.41, 5.74) is 27.9. The van der Waals surface area contributed by atoms with E-state index >= 15 is 0 Å². The molecule has 0 bridgehead atoms. The summed E-state index contributed by atoms with van der Waals surface area (Å²) in [6.07, 6.45) is -1.62. The molecular formula is C44H80N14O15. The Labute approximate surface area is 423 Å². The van der Waals surface area contributed by atoms with Crippen molar-refractivity contribution < 1.29 is 73.2 Å². The highest BCUT2D eigenvalue weighted by atomic mass is 16.4. The molecule has 29 heteroatoms. The molecule has 22 N–H and O–H groups in total. The predicted octanol–water partition coefficient (Wildman–Crippen LogP) is -5.22. The van der Waals surface area contributed by atoms with Crippen LogP contribution in [-0.4, -0.2) is 172 Å². The van der Waals surface area contributed by atoms with E-state index in [9.17, 15) is 73.2 Å². The van der Waals surface area contributed by atoms with Gasteiger partial charge in [0.25, 0.3) is 0 Å². The molecule has 10 atom stereocenters. The first kappa shape index (κ1) is 66.3. The molecule has 0 rings (SSSR count). The van der Waals surface area contributed by atoms with Crippen LogP contribution in [0.25, 0.3) is 0 Å². The summed E-state index contributed by atoms with van der Waals surface area (Å²) in [5, 5.41) is 57.8. The number of rotatable bonds is 38. The van der Waals surface area contributed by atoms with E-state index < -0.39 is 151 Å². The molecule has 0 saturated carbocycles. The van der Waals surface area contributed by atoms with E-state index in [0.29, 0.717) is 45.2 Å². The van der Waals surface area contributed by atoms with E-state index in [0.717, 1.165) is 13.8 Å². The molecule has 0 aromatic carbocycles. The molecule has 0 radical (unpaired) electrons. The first-order valence-electron chi connectivity index (χ1n) is 24.1. The summed E-state index contributed by atoms with van der Waals surface area (Å²) in [6.45, 7) is 7.72. The van der Waals surface area contributed by atoms with Crippen LogP contribution in [0.15, 0.2) is 4.99 Å². The monoisotopic (exact) mass is 1040 g/mol. The number of carboxylic acids is 3. The van der Waals surface area contributed by atoms with Gasteiger partial charge in [0.15, 0.2) is 5.96 Å². The van der Waals surface area contributed by atoms with Crippen molar-refractivity contribution in [1.29, 1.82) is 0 Å². The zero-order valence-corrected chi connectivity index (χ0v) is 42.3. The first-order chi connectivity index (χ1) is 34.1. The molecule has 0 saturated heterocycles. The van der Waals surface area contributed by atoms with Crippen molar-refractivity contribution in [3.05, 3.63) is 0 Å². The second-order valence-corrected chi connectivity index (χ2v) is 18.0. The van der Waals surface area contributed by atoms with Crippen LogP contribution in [0.1, 0.15) is 118 Å². The Balaban J connectivity index is 6.36. The summed E-state index contributed by atoms with van der Waals surface area (Å²) in [6, 6.07) is -13.0. The predicted molar refractivity (Wildman–Crippen MR) is 263 cm³/mol. The first-order valence-corrected chi connectivity index (χ1v) is 24.1. The van der Waals surface area contributed by atoms with Gasteiger partial charge in [0, 0.05) is 19.4 Å². The third kappa shape index (κ3) is 28.2. The standard InChI is InChI=1S/C44H80N14O15/c1-22(2)21-31(57-37(66)26(47)11-6-8-18-45)41(70)53-27(13-10-20-50-44(48)49)40(69)54-28(14-16-32(60)61)38(67)52-24(4)36(65)58-34(25(5)59)42(71)55-29(15-17-33(62)63)39(68)51-23(3)35(64)56-30(43(72)73)12-7-9-19-46/h22-31,34,59H,6-21,45-47H2,1-5H3,(H,51,68)(H,52,67)(H,53,70)(H,54,69)(H,55,71)(H,56,64)(H,57,66)(H,58,65)(H,60,61)(H,62,63)(H,72,73)(H4,48,49,50)/t23-,24-,25+,26-,27-,28-,29-,30-,31-,34-/m0/s1. The lowest BCUT2D eigenvalue weighted by atomic mass is 10.0. The number of nitrogens with two attached hydrogens (primary N) is 5. The van der Waals surface area contributed by atoms with Crippen LogP contribution in [0.3, 0.4) is 0 Å². The fourth-order valence-electron chi connectivity index (χ4n) is 6.76. The SMILES string of the molecule is CC(C)C[C@H](NC(=O)[C@@H](N)CCCCN)C(=O)N[C@@H](CCCN=C(N)N)C(=O)N[C@@H](CCC(=O)O)C(=O)N[C@@H](C)C(=O)N[C@H](C(=O)N[C@@H](CCC(=O)O)C(=O)N[C@@H](C)C(=O)N[C@@H](CCCCN)C(=O)O)[C@@H](C)O. The molecule has 73 heavy (non-hydrogen) atoms. The number of hydrogen-bond acceptors (Lipinski definition) is 16. The van der Waals surface area contributed by atoms with Crippen molar-refractivity contribution in [2.24, 2.45) is 39.6 Å². The fraction of sp³-hybridized carbons (Fsp3) is 0.727. The number of carbonyl (C=O) groups excluding carboxylic acids is 8. The van der Waals surface area contributed by atoms with Crippen LogP contribution < -0.4 is 71.2 Å². The van der Waals surface area contributed by atoms with Gasteiger partial charge < -0.3 is 91.6 Å². The maximum absolute atomic E-state index is 13.9. The second-order valence-electron chi connectivity index (χ2n) is 18.0. The number of aliphatic carboxylic acids is 3. The average Bonchev–Trinajstić information content (AvgIpc) is 3.30. The van der Waals surface area contributed by atoms with E-state index in [4.69, 9.17) is 28.7 Å². The molecule has 0 heterocycles. The fourth-order valence-corrected chi connectivity index (χ4v) is 6.76. The summed E-state index contributed by atoms with van der Waals surface area (Å²) < 4.78 is 0. The third-order valence-electron chi connectivity index (χ3n) is 10.9. The number of hydrogen-bond donors (Lipinski definition) is 17. The zero-order valence-electron chi connectivity index (χ0n) is 42.3. The van der Waals surface area contributed by atoms with Gasteiger partial charge in [-0.15, -0.1) is 0 Å². The number of nitrogens with zero attached hydrogens (tertiary/aromatic N) is 1. The number of carboxylic acid groups (broad SMARTS) is 3. The van der Waals surface area contributed by atoms with E-state index in [1.165, 1.54) is 6.92 Å². The van der Waals surface area contributed by atoms with Crippen LogP contribution in [0.2, 0.25) is 0 Å². The highest BCUT2D eigenvalue weighted by molar-refractivity contribution is 5.98. The maximum atomic E-state index is 13.9. The van der Waals surface area contributed by atoms with Crippen molar-refractivity contribution >= 4 is 71.1 Å². The molecule has 0 aliphatic rings. The van der Waals surface area contributed by atoms with Crippen LogP contribution >= 0.6 is 0 Å². The van der Waals surface area contributed by atoms with Crippen molar-refractivity contribution in [2.75, 3.05) is 19.6 Å². The van der Waals surface area contributed by atoms with Gasteiger partial charge in [0.2, 0.25) is 47.3 Å². The molecule has 0 unspecified atom stereocenters. The van der Waals surface area contributed by atoms with Crippen LogP contribution in [-0.2, 0) is 52.7 Å². The summed E-state index contributed by atoms with van der Waals surface area (Å²) in [5.74, 6) is -12.3. The van der Waals surface area contributed by atoms with Gasteiger partial charge in [-0.2, -0.15) is 0 Å². The van der Waals surface area contributed by atoms with Crippen LogP contribution in [0, 0.1) is 5.92 Å². The number of guanidine groups is 1. The molecule has 8 amide bonds. The molecule has 416 valence electrons. The summed E-state index contributed by atoms with van der Waals surface area (Å²) in [4.78, 5) is 146. The van der Waals surface area contributed by atoms with Crippen molar-refractivity contribution in [3.8, 4) is 0 Å². The lowest BCUT2D eigenvalue weighted by Crippen LogP contribution is -2.61. The van der Waals surface area contributed by atoms with Crippen molar-refractivity contribution in [3.63, 3.8) is 0 Å². The average molecular weight is 1050 g/mol. The van der Waals surface area contributed by atoms with Gasteiger partial charge in [0.05, 0.1) is 12.1 Å². The Morgan fingerprint density at radius 1 is 0.466 bits per heavy atom. The molecule has 29 nitrogen and oxygen atoms in total. The number of unbranched alkanes of at least 4 members (excludes halogenated alkanes) is 2. The number of carbonyl (C=O) groups is 11. The van der Waals surface area contributed by atoms with Crippen LogP contribution in [0.4, 0.5) is 0 Å². The zero-order chi connectivity index (χ0) is 56.0. The van der Waals surface area contributed by atoms with Gasteiger partial charge in [-0.05, 0) is 104 Å². The van der Waals surface area contributed by atoms with Crippen molar-refractivity contribution in [2.45, 2.75) is 179 Å². The quantitative estimate of drug-likeness (QED) is 0.0156. The molecule has 0 spiro atoms. The smallest absolute Gasteiger partial charge is 0.326 e. The highest BCUT2D eigenvalue weighted by Crippen LogP contribution is 2.11. The second kappa shape index (κ2) is 35.4. The number of aliphatic hydroxyl groups excluding tert-OH is 1. The molecular weight excluding hydrogens is 965 g/mol. The van der Waals surface area contributed by atoms with Gasteiger partial charge in [-0.3, -0.25) is 52.9 Å². The van der Waals surface area contributed by atoms with Gasteiger partial charge >= 0.3 is 17.9 Å². The largest absolute Gasteiger partial charge is 0.481 e. The van der Waals surface area contributed by atoms with Crippen molar-refractivity contribution in [1.82, 2.24) is 42.5 Å². The Hall–Kier alpha value is -6.72. The number of amides is 8. The summed E-state index contributed by atoms with van der Waals surface area (Å²) >= 11 is 0. The number of aliphatic hydroxyl groups is 1. The molecule has 0 aromatic heterocycles. The third-order valence-corrected chi connectivity index (χ3v) is 10.9. The van der Waals surface area contributed by atoms with Crippen LogP contribution in [0.5, 0.6) is 0 Å². The lowest BCUT2D eigenvalue weighted by Gasteiger charge is -2.28. The van der Waals surface area contributed by atoms with E-state index in [2.05, 4.69) is 47.5 Å². The minimum atomic E-state index is -1.86. The Morgan fingerprint density at radius 3 is 1.30 bits per heavy atom. The molecule has 0 fully saturated rings.